The van der Waals surface area contributed by atoms with Gasteiger partial charge in [-0.1, -0.05) is 42.4 Å². The van der Waals surface area contributed by atoms with Gasteiger partial charge in [-0.15, -0.1) is 11.3 Å². The summed E-state index contributed by atoms with van der Waals surface area (Å²) < 4.78 is 25.4. The summed E-state index contributed by atoms with van der Waals surface area (Å²) >= 11 is 8.88. The van der Waals surface area contributed by atoms with Crippen LogP contribution in [0.25, 0.3) is 21.3 Å². The molecule has 5 rings (SSSR count). The molecule has 37 heavy (non-hydrogen) atoms. The van der Waals surface area contributed by atoms with Crippen molar-refractivity contribution < 1.29 is 13.6 Å². The number of rotatable bonds is 5. The summed E-state index contributed by atoms with van der Waals surface area (Å²) in [5.41, 5.74) is 2.44. The van der Waals surface area contributed by atoms with Crippen LogP contribution in [0.15, 0.2) is 70.3 Å². The Morgan fingerprint density at radius 1 is 1.19 bits per heavy atom. The summed E-state index contributed by atoms with van der Waals surface area (Å²) in [5, 5.41) is 4.31. The largest absolute Gasteiger partial charge is 0.302 e. The van der Waals surface area contributed by atoms with E-state index >= 15 is 0 Å². The van der Waals surface area contributed by atoms with Crippen LogP contribution in [-0.4, -0.2) is 58.4 Å². The van der Waals surface area contributed by atoms with Gasteiger partial charge in [0.1, 0.15) is 16.2 Å². The van der Waals surface area contributed by atoms with Crippen LogP contribution in [0.3, 0.4) is 0 Å². The number of nitrogens with zero attached hydrogens (tertiary/aromatic N) is 4. The van der Waals surface area contributed by atoms with Crippen LogP contribution in [0, 0.1) is 5.92 Å². The van der Waals surface area contributed by atoms with Crippen LogP contribution in [0.1, 0.15) is 19.8 Å². The molecule has 2 aliphatic rings. The summed E-state index contributed by atoms with van der Waals surface area (Å²) in [6.07, 6.45) is 9.70. The molecule has 0 spiro atoms. The fourth-order valence-corrected chi connectivity index (χ4v) is 7.58. The molecule has 7 nitrogen and oxygen atoms in total. The third-order valence-electron chi connectivity index (χ3n) is 6.31. The molecule has 3 heterocycles. The topological polar surface area (TPSA) is 95.8 Å². The van der Waals surface area contributed by atoms with E-state index in [-0.39, 0.29) is 11.7 Å². The minimum Gasteiger partial charge on any atom is -0.302 e. The highest BCUT2D eigenvalue weighted by molar-refractivity contribution is 8.00. The number of piperidine rings is 1. The zero-order valence-corrected chi connectivity index (χ0v) is 23.2. The number of aromatic nitrogens is 2. The highest BCUT2D eigenvalue weighted by atomic mass is 35.5. The summed E-state index contributed by atoms with van der Waals surface area (Å²) in [6.45, 7) is 3.35. The van der Waals surface area contributed by atoms with Crippen LogP contribution >= 0.6 is 34.7 Å². The highest BCUT2D eigenvalue weighted by Gasteiger charge is 2.25. The van der Waals surface area contributed by atoms with E-state index in [1.54, 1.807) is 28.6 Å². The van der Waals surface area contributed by atoms with E-state index < -0.39 is 9.99 Å². The number of carbonyl (C=O) groups excluding carboxylic acids is 1. The van der Waals surface area contributed by atoms with Crippen LogP contribution in [0.5, 0.6) is 0 Å². The van der Waals surface area contributed by atoms with Gasteiger partial charge in [0.2, 0.25) is 0 Å². The molecule has 11 heteroatoms. The summed E-state index contributed by atoms with van der Waals surface area (Å²) in [5.74, 6) is 0.355. The van der Waals surface area contributed by atoms with Crippen molar-refractivity contribution in [3.8, 4) is 11.1 Å². The van der Waals surface area contributed by atoms with Crippen molar-refractivity contribution in [2.24, 2.45) is 10.9 Å². The Morgan fingerprint density at radius 2 is 1.89 bits per heavy atom. The quantitative estimate of drug-likeness (QED) is 0.237. The lowest BCUT2D eigenvalue weighted by molar-refractivity contribution is -0.115. The molecule has 1 fully saturated rings. The zero-order valence-electron chi connectivity index (χ0n) is 20.0. The summed E-state index contributed by atoms with van der Waals surface area (Å²) in [6, 6.07) is 7.58. The monoisotopic (exact) mass is 572 g/mol. The van der Waals surface area contributed by atoms with Crippen LogP contribution in [0.2, 0.25) is 5.02 Å². The molecule has 1 aliphatic carbocycles. The lowest BCUT2D eigenvalue weighted by Gasteiger charge is -2.31. The molecular weight excluding hydrogens is 548 g/mol. The number of benzene rings is 1. The first-order valence-electron chi connectivity index (χ1n) is 11.8. The SMILES string of the molecule is CC1CCN(S(=O)(O)=C2C=CC(=NC(=O)CSc3ncnc4scc(-c5ccc(Cl)cc5)c34)C=C2)CC1. The molecule has 1 saturated heterocycles. The number of hydrogen-bond acceptors (Lipinski definition) is 6. The van der Waals surface area contributed by atoms with Crippen molar-refractivity contribution in [3.05, 3.63) is 65.3 Å². The van der Waals surface area contributed by atoms with E-state index in [1.165, 1.54) is 29.4 Å². The van der Waals surface area contributed by atoms with E-state index in [2.05, 4.69) is 21.9 Å². The normalized spacial score (nSPS) is 18.4. The van der Waals surface area contributed by atoms with Crippen molar-refractivity contribution in [1.82, 2.24) is 14.3 Å². The van der Waals surface area contributed by atoms with Gasteiger partial charge >= 0.3 is 0 Å². The number of allylic oxidation sites excluding steroid dienone is 4. The average Bonchev–Trinajstić information content (AvgIpc) is 3.33. The molecule has 3 aromatic rings. The van der Waals surface area contributed by atoms with Crippen LogP contribution in [0.4, 0.5) is 0 Å². The number of fused-ring (bicyclic) bond motifs is 1. The molecule has 192 valence electrons. The second-order valence-corrected chi connectivity index (χ2v) is 13.2. The Balaban J connectivity index is 1.29. The molecule has 1 unspecified atom stereocenters. The Bertz CT molecular complexity index is 1530. The second-order valence-electron chi connectivity index (χ2n) is 8.91. The molecule has 1 N–H and O–H groups in total. The van der Waals surface area contributed by atoms with E-state index in [9.17, 15) is 13.6 Å². The number of thiophene rings is 1. The molecular formula is C26H25ClN4O3S3. The average molecular weight is 573 g/mol. The zero-order chi connectivity index (χ0) is 26.0. The Morgan fingerprint density at radius 3 is 2.59 bits per heavy atom. The Labute approximate surface area is 229 Å². The standard InChI is InChI=1S/C26H25ClN4O3S3/c1-17-10-12-31(13-11-17)37(33,34)21-8-6-20(7-9-21)30-23(32)15-36-26-24-22(14-35-25(24)28-16-29-26)18-2-4-19(27)5-3-18/h2-9,14,16-17H,10-13,15H2,1H3,(H,33,34). The van der Waals surface area contributed by atoms with Gasteiger partial charge in [-0.3, -0.25) is 4.79 Å². The van der Waals surface area contributed by atoms with Gasteiger partial charge in [0.15, 0.2) is 9.99 Å². The van der Waals surface area contributed by atoms with Gasteiger partial charge in [-0.05, 0) is 60.8 Å². The maximum absolute atomic E-state index is 13.0. The molecule has 1 amide bonds. The minimum atomic E-state index is -3.29. The summed E-state index contributed by atoms with van der Waals surface area (Å²) in [7, 11) is -3.29. The van der Waals surface area contributed by atoms with Crippen molar-refractivity contribution in [2.45, 2.75) is 24.8 Å². The second kappa shape index (κ2) is 11.2. The molecule has 1 atom stereocenters. The van der Waals surface area contributed by atoms with Crippen molar-refractivity contribution in [2.75, 3.05) is 18.8 Å². The number of aliphatic imine (C=N–C) groups is 1. The van der Waals surface area contributed by atoms with Crippen molar-refractivity contribution in [1.29, 1.82) is 0 Å². The molecule has 0 saturated carbocycles. The maximum atomic E-state index is 13.0. The Hall–Kier alpha value is -2.34. The molecule has 1 aliphatic heterocycles. The van der Waals surface area contributed by atoms with Gasteiger partial charge < -0.3 is 4.55 Å². The number of halogens is 1. The Kier molecular flexibility index (Phi) is 7.94. The first-order valence-corrected chi connectivity index (χ1v) is 15.5. The maximum Gasteiger partial charge on any atom is 0.256 e. The first kappa shape index (κ1) is 26.3. The lowest BCUT2D eigenvalue weighted by atomic mass is 10.0. The van der Waals surface area contributed by atoms with E-state index in [0.717, 1.165) is 34.2 Å². The van der Waals surface area contributed by atoms with Gasteiger partial charge in [-0.25, -0.2) is 23.5 Å². The third kappa shape index (κ3) is 5.89. The van der Waals surface area contributed by atoms with Gasteiger partial charge in [0.25, 0.3) is 5.91 Å². The molecule has 1 aromatic carbocycles. The van der Waals surface area contributed by atoms with E-state index in [1.807, 2.05) is 29.6 Å². The smallest absolute Gasteiger partial charge is 0.256 e. The number of hydrogen-bond donors (Lipinski definition) is 1. The van der Waals surface area contributed by atoms with Gasteiger partial charge in [0, 0.05) is 29.1 Å². The van der Waals surface area contributed by atoms with Crippen LogP contribution in [-0.2, 0) is 14.8 Å². The fourth-order valence-electron chi connectivity index (χ4n) is 4.18. The molecule has 0 radical (unpaired) electrons. The predicted octanol–water partition coefficient (Wildman–Crippen LogP) is 5.77. The first-order chi connectivity index (χ1) is 17.8. The third-order valence-corrected chi connectivity index (χ3v) is 10.4. The molecule has 2 aromatic heterocycles. The lowest BCUT2D eigenvalue weighted by Crippen LogP contribution is -2.40. The van der Waals surface area contributed by atoms with Crippen molar-refractivity contribution >= 4 is 71.4 Å². The highest BCUT2D eigenvalue weighted by Crippen LogP contribution is 2.38. The van der Waals surface area contributed by atoms with Gasteiger partial charge in [-0.2, -0.15) is 0 Å². The van der Waals surface area contributed by atoms with E-state index in [0.29, 0.717) is 39.6 Å². The summed E-state index contributed by atoms with van der Waals surface area (Å²) in [4.78, 5) is 26.8. The number of carbonyl (C=O) groups is 1. The van der Waals surface area contributed by atoms with E-state index in [4.69, 9.17) is 11.6 Å². The minimum absolute atomic E-state index is 0.104. The molecule has 0 bridgehead atoms. The van der Waals surface area contributed by atoms with Gasteiger partial charge in [0.05, 0.1) is 21.7 Å². The fraction of sp³-hybridized carbons (Fsp3) is 0.269. The predicted molar refractivity (Wildman–Crippen MR) is 155 cm³/mol. The van der Waals surface area contributed by atoms with Crippen molar-refractivity contribution in [3.63, 3.8) is 0 Å². The number of thioether (sulfide) groups is 1. The number of amides is 1. The van der Waals surface area contributed by atoms with Crippen LogP contribution < -0.4 is 0 Å².